The fraction of sp³-hybridized carbons (Fsp3) is 0.158. The molecule has 0 fully saturated rings. The predicted octanol–water partition coefficient (Wildman–Crippen LogP) is 2.27. The van der Waals surface area contributed by atoms with Crippen LogP contribution in [0.1, 0.15) is 20.7 Å². The van der Waals surface area contributed by atoms with Gasteiger partial charge in [-0.05, 0) is 24.3 Å². The van der Waals surface area contributed by atoms with Gasteiger partial charge in [0.1, 0.15) is 6.61 Å². The van der Waals surface area contributed by atoms with Crippen molar-refractivity contribution in [3.8, 4) is 0 Å². The van der Waals surface area contributed by atoms with E-state index in [2.05, 4.69) is 0 Å². The molecule has 2 aromatic carbocycles. The predicted molar refractivity (Wildman–Crippen MR) is 89.5 cm³/mol. The van der Waals surface area contributed by atoms with Crippen molar-refractivity contribution in [2.75, 3.05) is 6.61 Å². The van der Waals surface area contributed by atoms with Crippen LogP contribution in [0.2, 0.25) is 0 Å². The van der Waals surface area contributed by atoms with E-state index in [4.69, 9.17) is 19.9 Å². The summed E-state index contributed by atoms with van der Waals surface area (Å²) in [6.45, 7) is -0.0857. The maximum Gasteiger partial charge on any atom is 0.338 e. The number of ether oxygens (including phenoxy) is 3. The molecule has 0 saturated heterocycles. The van der Waals surface area contributed by atoms with Gasteiger partial charge in [0.05, 0.1) is 11.1 Å². The third kappa shape index (κ3) is 4.17. The largest absolute Gasteiger partial charge is 0.468 e. The van der Waals surface area contributed by atoms with Crippen LogP contribution in [0.25, 0.3) is 0 Å². The molecule has 2 atom stereocenters. The third-order valence-electron chi connectivity index (χ3n) is 3.62. The zero-order valence-corrected chi connectivity index (χ0v) is 13.3. The Morgan fingerprint density at radius 2 is 1.48 bits per heavy atom. The second kappa shape index (κ2) is 7.53. The molecule has 2 N–H and O–H groups in total. The van der Waals surface area contributed by atoms with Crippen molar-refractivity contribution in [1.29, 1.82) is 0 Å². The van der Waals surface area contributed by atoms with Crippen LogP contribution in [0.3, 0.4) is 0 Å². The van der Waals surface area contributed by atoms with Crippen molar-refractivity contribution in [2.24, 2.45) is 5.73 Å². The lowest BCUT2D eigenvalue weighted by molar-refractivity contribution is -0.0241. The number of esters is 2. The Bertz CT molecular complexity index is 773. The van der Waals surface area contributed by atoms with Crippen molar-refractivity contribution in [3.63, 3.8) is 0 Å². The molecule has 6 nitrogen and oxygen atoms in total. The van der Waals surface area contributed by atoms with E-state index in [9.17, 15) is 9.59 Å². The molecular formula is C19H17NO5. The van der Waals surface area contributed by atoms with Crippen molar-refractivity contribution in [1.82, 2.24) is 0 Å². The molecule has 0 bridgehead atoms. The number of carbonyl (C=O) groups is 2. The lowest BCUT2D eigenvalue weighted by Crippen LogP contribution is -2.32. The van der Waals surface area contributed by atoms with Crippen molar-refractivity contribution in [3.05, 3.63) is 83.7 Å². The maximum atomic E-state index is 12.2. The van der Waals surface area contributed by atoms with Gasteiger partial charge in [-0.15, -0.1) is 0 Å². The fourth-order valence-corrected chi connectivity index (χ4v) is 2.37. The van der Waals surface area contributed by atoms with Crippen LogP contribution < -0.4 is 5.73 Å². The van der Waals surface area contributed by atoms with Crippen LogP contribution in [0.5, 0.6) is 0 Å². The summed E-state index contributed by atoms with van der Waals surface area (Å²) in [5, 5.41) is 0. The molecule has 2 aromatic rings. The van der Waals surface area contributed by atoms with Gasteiger partial charge >= 0.3 is 11.9 Å². The summed E-state index contributed by atoms with van der Waals surface area (Å²) in [6, 6.07) is 17.2. The summed E-state index contributed by atoms with van der Waals surface area (Å²) in [5.41, 5.74) is 6.50. The van der Waals surface area contributed by atoms with Crippen LogP contribution >= 0.6 is 0 Å². The highest BCUT2D eigenvalue weighted by molar-refractivity contribution is 5.90. The van der Waals surface area contributed by atoms with Crippen LogP contribution in [0, 0.1) is 0 Å². The number of benzene rings is 2. The monoisotopic (exact) mass is 339 g/mol. The molecule has 2 unspecified atom stereocenters. The first kappa shape index (κ1) is 16.6. The van der Waals surface area contributed by atoms with E-state index < -0.39 is 24.1 Å². The molecule has 0 radical (unpaired) electrons. The number of nitrogens with two attached hydrogens (primary N) is 1. The van der Waals surface area contributed by atoms with Gasteiger partial charge in [0, 0.05) is 6.08 Å². The molecule has 1 heterocycles. The molecule has 1 aliphatic rings. The highest BCUT2D eigenvalue weighted by Gasteiger charge is 2.33. The molecular weight excluding hydrogens is 322 g/mol. The molecule has 3 rings (SSSR count). The summed E-state index contributed by atoms with van der Waals surface area (Å²) < 4.78 is 16.0. The molecule has 0 spiro atoms. The molecule has 25 heavy (non-hydrogen) atoms. The quantitative estimate of drug-likeness (QED) is 0.841. The standard InChI is InChI=1S/C19H17NO5/c20-17-11-15(25-19(22)14-9-5-2-6-10-14)16(24-17)12-23-18(21)13-7-3-1-4-8-13/h1-11,15-16H,12,20H2. The first-order valence-electron chi connectivity index (χ1n) is 7.75. The Kier molecular flexibility index (Phi) is 4.99. The summed E-state index contributed by atoms with van der Waals surface area (Å²) in [4.78, 5) is 24.2. The SMILES string of the molecule is NC1=CC(OC(=O)c2ccccc2)C(COC(=O)c2ccccc2)O1. The van der Waals surface area contributed by atoms with Crippen molar-refractivity contribution in [2.45, 2.75) is 12.2 Å². The number of carbonyl (C=O) groups excluding carboxylic acids is 2. The number of hydrogen-bond donors (Lipinski definition) is 1. The Hall–Kier alpha value is -3.28. The molecule has 0 saturated carbocycles. The molecule has 128 valence electrons. The summed E-state index contributed by atoms with van der Waals surface area (Å²) in [7, 11) is 0. The zero-order chi connectivity index (χ0) is 17.6. The lowest BCUT2D eigenvalue weighted by Gasteiger charge is -2.19. The Morgan fingerprint density at radius 1 is 0.920 bits per heavy atom. The minimum atomic E-state index is -0.726. The van der Waals surface area contributed by atoms with Crippen molar-refractivity contribution >= 4 is 11.9 Å². The Morgan fingerprint density at radius 3 is 2.08 bits per heavy atom. The van der Waals surface area contributed by atoms with Gasteiger partial charge in [0.25, 0.3) is 0 Å². The van der Waals surface area contributed by atoms with Crippen molar-refractivity contribution < 1.29 is 23.8 Å². The van der Waals surface area contributed by atoms with Gasteiger partial charge in [0.15, 0.2) is 18.1 Å². The van der Waals surface area contributed by atoms with Crippen LogP contribution in [0.4, 0.5) is 0 Å². The highest BCUT2D eigenvalue weighted by atomic mass is 16.6. The number of rotatable bonds is 5. The Balaban J connectivity index is 1.59. The van der Waals surface area contributed by atoms with Crippen LogP contribution in [0.15, 0.2) is 72.6 Å². The van der Waals surface area contributed by atoms with E-state index in [0.717, 1.165) is 0 Å². The Labute approximate surface area is 144 Å². The lowest BCUT2D eigenvalue weighted by atomic mass is 10.2. The normalized spacial score (nSPS) is 18.8. The van der Waals surface area contributed by atoms with E-state index in [0.29, 0.717) is 11.1 Å². The maximum absolute atomic E-state index is 12.2. The topological polar surface area (TPSA) is 87.9 Å². The fourth-order valence-electron chi connectivity index (χ4n) is 2.37. The van der Waals surface area contributed by atoms with Gasteiger partial charge in [-0.3, -0.25) is 0 Å². The van der Waals surface area contributed by atoms with E-state index in [1.165, 1.54) is 6.08 Å². The molecule has 1 aliphatic heterocycles. The summed E-state index contributed by atoms with van der Waals surface area (Å²) >= 11 is 0. The molecule has 0 aromatic heterocycles. The zero-order valence-electron chi connectivity index (χ0n) is 13.3. The average molecular weight is 339 g/mol. The van der Waals surface area contributed by atoms with Gasteiger partial charge in [0.2, 0.25) is 0 Å². The van der Waals surface area contributed by atoms with Gasteiger partial charge in [-0.2, -0.15) is 0 Å². The van der Waals surface area contributed by atoms with E-state index in [1.807, 2.05) is 0 Å². The van der Waals surface area contributed by atoms with Crippen LogP contribution in [-0.2, 0) is 14.2 Å². The van der Waals surface area contributed by atoms with Crippen LogP contribution in [-0.4, -0.2) is 30.8 Å². The second-order valence-corrected chi connectivity index (χ2v) is 5.43. The molecule has 0 amide bonds. The number of hydrogen-bond acceptors (Lipinski definition) is 6. The summed E-state index contributed by atoms with van der Waals surface area (Å²) in [6.07, 6.45) is 0.0820. The van der Waals surface area contributed by atoms with E-state index in [-0.39, 0.29) is 12.5 Å². The summed E-state index contributed by atoms with van der Waals surface area (Å²) in [5.74, 6) is -0.853. The average Bonchev–Trinajstić information content (AvgIpc) is 3.00. The highest BCUT2D eigenvalue weighted by Crippen LogP contribution is 2.20. The van der Waals surface area contributed by atoms with E-state index in [1.54, 1.807) is 60.7 Å². The molecule has 6 heteroatoms. The smallest absolute Gasteiger partial charge is 0.338 e. The minimum Gasteiger partial charge on any atom is -0.468 e. The first-order valence-corrected chi connectivity index (χ1v) is 7.75. The van der Waals surface area contributed by atoms with Gasteiger partial charge in [-0.1, -0.05) is 36.4 Å². The van der Waals surface area contributed by atoms with Gasteiger partial charge < -0.3 is 19.9 Å². The molecule has 0 aliphatic carbocycles. The second-order valence-electron chi connectivity index (χ2n) is 5.43. The first-order chi connectivity index (χ1) is 12.1. The van der Waals surface area contributed by atoms with Gasteiger partial charge in [-0.25, -0.2) is 9.59 Å². The minimum absolute atomic E-state index is 0.0857. The third-order valence-corrected chi connectivity index (χ3v) is 3.62. The van der Waals surface area contributed by atoms with E-state index >= 15 is 0 Å².